The van der Waals surface area contributed by atoms with E-state index >= 15 is 0 Å². The molecule has 3 rings (SSSR count). The molecule has 4 heteroatoms. The highest BCUT2D eigenvalue weighted by Crippen LogP contribution is 2.43. The molecule has 18 heavy (non-hydrogen) atoms. The number of ether oxygens (including phenoxy) is 2. The van der Waals surface area contributed by atoms with Crippen molar-refractivity contribution in [2.24, 2.45) is 0 Å². The third-order valence-corrected chi connectivity index (χ3v) is 3.32. The predicted molar refractivity (Wildman–Crippen MR) is 68.1 cm³/mol. The van der Waals surface area contributed by atoms with Crippen molar-refractivity contribution in [3.05, 3.63) is 23.8 Å². The number of para-hydroxylation sites is 1. The van der Waals surface area contributed by atoms with Gasteiger partial charge < -0.3 is 9.47 Å². The van der Waals surface area contributed by atoms with Gasteiger partial charge in [-0.3, -0.25) is 4.90 Å². The number of carbonyl (C=O) groups is 1. The van der Waals surface area contributed by atoms with E-state index in [0.29, 0.717) is 6.54 Å². The average molecular weight is 247 g/mol. The molecule has 1 atom stereocenters. The second-order valence-corrected chi connectivity index (χ2v) is 5.61. The summed E-state index contributed by atoms with van der Waals surface area (Å²) < 4.78 is 11.1. The third-order valence-electron chi connectivity index (χ3n) is 3.32. The van der Waals surface area contributed by atoms with Crippen molar-refractivity contribution in [1.29, 1.82) is 0 Å². The molecule has 0 aromatic heterocycles. The molecule has 1 saturated heterocycles. The van der Waals surface area contributed by atoms with Crippen LogP contribution in [0.4, 0.5) is 10.5 Å². The van der Waals surface area contributed by atoms with E-state index in [1.54, 1.807) is 4.90 Å². The van der Waals surface area contributed by atoms with Crippen molar-refractivity contribution in [2.45, 2.75) is 38.9 Å². The Morgan fingerprint density at radius 3 is 2.83 bits per heavy atom. The summed E-state index contributed by atoms with van der Waals surface area (Å²) in [5, 5.41) is 0. The van der Waals surface area contributed by atoms with Crippen molar-refractivity contribution in [1.82, 2.24) is 0 Å². The number of amides is 1. The van der Waals surface area contributed by atoms with E-state index in [0.717, 1.165) is 23.4 Å². The van der Waals surface area contributed by atoms with Crippen LogP contribution < -0.4 is 9.64 Å². The molecule has 0 radical (unpaired) electrons. The van der Waals surface area contributed by atoms with Crippen molar-refractivity contribution in [3.8, 4) is 5.75 Å². The quantitative estimate of drug-likeness (QED) is 0.766. The number of rotatable bonds is 1. The number of carbonyl (C=O) groups excluding carboxylic acids is 1. The first kappa shape index (κ1) is 11.4. The summed E-state index contributed by atoms with van der Waals surface area (Å²) >= 11 is 0. The van der Waals surface area contributed by atoms with E-state index in [-0.39, 0.29) is 17.8 Å². The Bertz CT molecular complexity index is 510. The van der Waals surface area contributed by atoms with Gasteiger partial charge in [0, 0.05) is 12.0 Å². The Morgan fingerprint density at radius 1 is 1.39 bits per heavy atom. The van der Waals surface area contributed by atoms with Crippen molar-refractivity contribution < 1.29 is 14.3 Å². The minimum absolute atomic E-state index is 0.0669. The number of anilines is 1. The van der Waals surface area contributed by atoms with Gasteiger partial charge in [0.05, 0.1) is 12.2 Å². The first-order chi connectivity index (χ1) is 8.46. The van der Waals surface area contributed by atoms with Crippen LogP contribution in [-0.4, -0.2) is 24.3 Å². The van der Waals surface area contributed by atoms with Gasteiger partial charge in [0.1, 0.15) is 17.5 Å². The smallest absolute Gasteiger partial charge is 0.414 e. The highest BCUT2D eigenvalue weighted by Gasteiger charge is 2.37. The maximum Gasteiger partial charge on any atom is 0.414 e. The van der Waals surface area contributed by atoms with Crippen LogP contribution in [0.2, 0.25) is 0 Å². The first-order valence-electron chi connectivity index (χ1n) is 6.25. The van der Waals surface area contributed by atoms with Crippen LogP contribution in [-0.2, 0) is 11.2 Å². The topological polar surface area (TPSA) is 38.8 Å². The number of hydrogen-bond acceptors (Lipinski definition) is 3. The van der Waals surface area contributed by atoms with Crippen LogP contribution in [0.15, 0.2) is 18.2 Å². The molecule has 1 amide bonds. The van der Waals surface area contributed by atoms with Gasteiger partial charge in [-0.2, -0.15) is 0 Å². The lowest BCUT2D eigenvalue weighted by molar-refractivity contribution is 0.138. The molecule has 1 fully saturated rings. The normalized spacial score (nSPS) is 24.7. The zero-order valence-corrected chi connectivity index (χ0v) is 10.9. The van der Waals surface area contributed by atoms with Crippen LogP contribution in [0.5, 0.6) is 5.75 Å². The van der Waals surface area contributed by atoms with E-state index in [2.05, 4.69) is 19.9 Å². The molecule has 1 aromatic rings. The number of benzene rings is 1. The summed E-state index contributed by atoms with van der Waals surface area (Å²) in [6, 6.07) is 5.94. The van der Waals surface area contributed by atoms with Crippen LogP contribution in [0.3, 0.4) is 0 Å². The maximum absolute atomic E-state index is 11.8. The molecule has 2 aliphatic rings. The standard InChI is InChI=1S/C14H17NO3/c1-9-8-15(13(16)17-9)11-6-4-5-10-7-14(2,3)18-12(10)11/h4-6,9H,7-8H2,1-3H3. The largest absolute Gasteiger partial charge is 0.485 e. The van der Waals surface area contributed by atoms with Gasteiger partial charge in [-0.1, -0.05) is 12.1 Å². The molecule has 0 spiro atoms. The van der Waals surface area contributed by atoms with Gasteiger partial charge in [-0.15, -0.1) is 0 Å². The molecule has 0 bridgehead atoms. The highest BCUT2D eigenvalue weighted by molar-refractivity contribution is 5.92. The number of cyclic esters (lactones) is 1. The zero-order chi connectivity index (χ0) is 12.9. The molecule has 0 aliphatic carbocycles. The molecule has 96 valence electrons. The van der Waals surface area contributed by atoms with Crippen LogP contribution >= 0.6 is 0 Å². The summed E-state index contributed by atoms with van der Waals surface area (Å²) in [5.41, 5.74) is 1.78. The zero-order valence-electron chi connectivity index (χ0n) is 10.9. The Labute approximate surface area is 106 Å². The van der Waals surface area contributed by atoms with Crippen molar-refractivity contribution in [3.63, 3.8) is 0 Å². The molecular formula is C14H17NO3. The van der Waals surface area contributed by atoms with Crippen LogP contribution in [0.25, 0.3) is 0 Å². The fourth-order valence-electron chi connectivity index (χ4n) is 2.61. The lowest BCUT2D eigenvalue weighted by Crippen LogP contribution is -2.27. The van der Waals surface area contributed by atoms with Gasteiger partial charge in [-0.25, -0.2) is 4.79 Å². The van der Waals surface area contributed by atoms with E-state index in [1.807, 2.05) is 19.1 Å². The Hall–Kier alpha value is -1.71. The summed E-state index contributed by atoms with van der Waals surface area (Å²) in [4.78, 5) is 13.5. The third kappa shape index (κ3) is 1.72. The van der Waals surface area contributed by atoms with Crippen LogP contribution in [0.1, 0.15) is 26.3 Å². The minimum Gasteiger partial charge on any atom is -0.485 e. The maximum atomic E-state index is 11.8. The van der Waals surface area contributed by atoms with Gasteiger partial charge in [-0.05, 0) is 26.8 Å². The minimum atomic E-state index is -0.288. The fraction of sp³-hybridized carbons (Fsp3) is 0.500. The second kappa shape index (κ2) is 3.64. The summed E-state index contributed by atoms with van der Waals surface area (Å²) in [6.07, 6.45) is 0.515. The highest BCUT2D eigenvalue weighted by atomic mass is 16.6. The van der Waals surface area contributed by atoms with E-state index in [1.165, 1.54) is 0 Å². The Balaban J connectivity index is 2.01. The summed E-state index contributed by atoms with van der Waals surface area (Å²) in [5.74, 6) is 0.827. The molecule has 1 aromatic carbocycles. The van der Waals surface area contributed by atoms with E-state index in [9.17, 15) is 4.79 Å². The first-order valence-corrected chi connectivity index (χ1v) is 6.25. The molecule has 0 N–H and O–H groups in total. The van der Waals surface area contributed by atoms with Crippen LogP contribution in [0, 0.1) is 0 Å². The number of hydrogen-bond donors (Lipinski definition) is 0. The summed E-state index contributed by atoms with van der Waals surface area (Å²) in [7, 11) is 0. The lowest BCUT2D eigenvalue weighted by Gasteiger charge is -2.20. The van der Waals surface area contributed by atoms with Gasteiger partial charge >= 0.3 is 6.09 Å². The monoisotopic (exact) mass is 247 g/mol. The number of fused-ring (bicyclic) bond motifs is 1. The molecule has 2 aliphatic heterocycles. The fourth-order valence-corrected chi connectivity index (χ4v) is 2.61. The van der Waals surface area contributed by atoms with Gasteiger partial charge in [0.15, 0.2) is 0 Å². The molecular weight excluding hydrogens is 230 g/mol. The summed E-state index contributed by atoms with van der Waals surface area (Å²) in [6.45, 7) is 6.59. The predicted octanol–water partition coefficient (Wildman–Crippen LogP) is 2.75. The van der Waals surface area contributed by atoms with Crippen molar-refractivity contribution in [2.75, 3.05) is 11.4 Å². The van der Waals surface area contributed by atoms with Gasteiger partial charge in [0.2, 0.25) is 0 Å². The van der Waals surface area contributed by atoms with E-state index in [4.69, 9.17) is 9.47 Å². The molecule has 2 heterocycles. The second-order valence-electron chi connectivity index (χ2n) is 5.61. The molecule has 0 saturated carbocycles. The molecule has 1 unspecified atom stereocenters. The Morgan fingerprint density at radius 2 is 2.17 bits per heavy atom. The van der Waals surface area contributed by atoms with Gasteiger partial charge in [0.25, 0.3) is 0 Å². The molecule has 4 nitrogen and oxygen atoms in total. The van der Waals surface area contributed by atoms with Crippen molar-refractivity contribution >= 4 is 11.8 Å². The average Bonchev–Trinajstić information content (AvgIpc) is 2.75. The Kier molecular flexibility index (Phi) is 2.30. The van der Waals surface area contributed by atoms with E-state index < -0.39 is 0 Å². The number of nitrogens with zero attached hydrogens (tertiary/aromatic N) is 1. The lowest BCUT2D eigenvalue weighted by atomic mass is 10.0. The SMILES string of the molecule is CC1CN(c2cccc3c2OC(C)(C)C3)C(=O)O1.